The lowest BCUT2D eigenvalue weighted by Gasteiger charge is -2.02. The van der Waals surface area contributed by atoms with Gasteiger partial charge in [0.15, 0.2) is 0 Å². The van der Waals surface area contributed by atoms with Gasteiger partial charge in [-0.05, 0) is 30.0 Å². The Hall–Kier alpha value is -1.82. The molecule has 0 N–H and O–H groups in total. The molecule has 1 aromatic rings. The molecule has 0 saturated carbocycles. The Kier molecular flexibility index (Phi) is 5.07. The molecule has 0 aliphatic rings. The number of allylic oxidation sites excluding steroid dienone is 6. The van der Waals surface area contributed by atoms with Crippen LogP contribution in [-0.4, -0.2) is 0 Å². The van der Waals surface area contributed by atoms with Crippen molar-refractivity contribution >= 4 is 5.57 Å². The molecule has 0 radical (unpaired) electrons. The van der Waals surface area contributed by atoms with Gasteiger partial charge in [0.1, 0.15) is 0 Å². The average molecular weight is 210 g/mol. The van der Waals surface area contributed by atoms with Gasteiger partial charge >= 0.3 is 0 Å². The Labute approximate surface area is 98.3 Å². The van der Waals surface area contributed by atoms with Crippen LogP contribution >= 0.6 is 0 Å². The molecular weight excluding hydrogens is 192 g/mol. The summed E-state index contributed by atoms with van der Waals surface area (Å²) in [5.41, 5.74) is 3.47. The second kappa shape index (κ2) is 6.62. The van der Waals surface area contributed by atoms with Crippen LogP contribution < -0.4 is 0 Å². The summed E-state index contributed by atoms with van der Waals surface area (Å²) < 4.78 is 0. The molecule has 0 aliphatic carbocycles. The number of hydrogen-bond acceptors (Lipinski definition) is 0. The van der Waals surface area contributed by atoms with Crippen LogP contribution in [0.15, 0.2) is 67.8 Å². The molecule has 0 fully saturated rings. The minimum absolute atomic E-state index is 0.918. The van der Waals surface area contributed by atoms with Gasteiger partial charge in [-0.1, -0.05) is 61.2 Å². The molecular formula is C16H18. The van der Waals surface area contributed by atoms with Crippen LogP contribution in [0.3, 0.4) is 0 Å². The van der Waals surface area contributed by atoms with Crippen molar-refractivity contribution in [1.29, 1.82) is 0 Å². The first-order chi connectivity index (χ1) is 7.77. The summed E-state index contributed by atoms with van der Waals surface area (Å²) in [4.78, 5) is 0. The number of rotatable bonds is 5. The van der Waals surface area contributed by atoms with E-state index < -0.39 is 0 Å². The lowest BCUT2D eigenvalue weighted by atomic mass is 10.0. The van der Waals surface area contributed by atoms with Gasteiger partial charge in [0.2, 0.25) is 0 Å². The highest BCUT2D eigenvalue weighted by Gasteiger charge is 1.94. The van der Waals surface area contributed by atoms with E-state index in [9.17, 15) is 0 Å². The van der Waals surface area contributed by atoms with Crippen molar-refractivity contribution in [2.24, 2.45) is 0 Å². The van der Waals surface area contributed by atoms with E-state index in [1.807, 2.05) is 37.3 Å². The van der Waals surface area contributed by atoms with E-state index in [-0.39, 0.29) is 0 Å². The van der Waals surface area contributed by atoms with Crippen LogP contribution in [0.4, 0.5) is 0 Å². The predicted molar refractivity (Wildman–Crippen MR) is 73.3 cm³/mol. The third kappa shape index (κ3) is 3.74. The lowest BCUT2D eigenvalue weighted by Crippen LogP contribution is -1.83. The molecule has 0 saturated heterocycles. The molecule has 1 aromatic carbocycles. The Bertz CT molecular complexity index is 402. The summed E-state index contributed by atoms with van der Waals surface area (Å²) >= 11 is 0. The molecule has 0 unspecified atom stereocenters. The van der Waals surface area contributed by atoms with Gasteiger partial charge < -0.3 is 0 Å². The number of hydrogen-bond donors (Lipinski definition) is 0. The fraction of sp³-hybridized carbons (Fsp3) is 0.125. The van der Waals surface area contributed by atoms with E-state index in [0.717, 1.165) is 17.6 Å². The maximum atomic E-state index is 4.03. The van der Waals surface area contributed by atoms with Crippen molar-refractivity contribution in [3.8, 4) is 0 Å². The molecule has 0 aromatic heterocycles. The van der Waals surface area contributed by atoms with E-state index in [1.54, 1.807) is 0 Å². The highest BCUT2D eigenvalue weighted by molar-refractivity contribution is 5.72. The molecule has 0 spiro atoms. The van der Waals surface area contributed by atoms with Gasteiger partial charge in [-0.15, -0.1) is 6.58 Å². The molecule has 0 bridgehead atoms. The van der Waals surface area contributed by atoms with Crippen LogP contribution in [0.25, 0.3) is 5.57 Å². The summed E-state index contributed by atoms with van der Waals surface area (Å²) in [6.45, 7) is 9.76. The zero-order chi connectivity index (χ0) is 11.8. The molecule has 0 heterocycles. The third-order valence-corrected chi connectivity index (χ3v) is 2.31. The SMILES string of the molecule is C=CCc1ccc(C(=C)C=CC=CC)cc1. The van der Waals surface area contributed by atoms with E-state index >= 15 is 0 Å². The van der Waals surface area contributed by atoms with Gasteiger partial charge in [0.25, 0.3) is 0 Å². The van der Waals surface area contributed by atoms with Gasteiger partial charge in [-0.3, -0.25) is 0 Å². The van der Waals surface area contributed by atoms with Crippen molar-refractivity contribution in [1.82, 2.24) is 0 Å². The van der Waals surface area contributed by atoms with Crippen LogP contribution in [0.1, 0.15) is 18.1 Å². The topological polar surface area (TPSA) is 0 Å². The van der Waals surface area contributed by atoms with E-state index in [1.165, 1.54) is 5.56 Å². The summed E-state index contributed by atoms with van der Waals surface area (Å²) in [7, 11) is 0. The average Bonchev–Trinajstić information content (AvgIpc) is 2.30. The minimum Gasteiger partial charge on any atom is -0.103 e. The Morgan fingerprint density at radius 2 is 1.88 bits per heavy atom. The van der Waals surface area contributed by atoms with E-state index in [2.05, 4.69) is 37.4 Å². The Morgan fingerprint density at radius 3 is 2.44 bits per heavy atom. The van der Waals surface area contributed by atoms with Crippen LogP contribution in [0.2, 0.25) is 0 Å². The lowest BCUT2D eigenvalue weighted by molar-refractivity contribution is 1.27. The van der Waals surface area contributed by atoms with Crippen LogP contribution in [0, 0.1) is 0 Å². The Morgan fingerprint density at radius 1 is 1.19 bits per heavy atom. The molecule has 0 aliphatic heterocycles. The van der Waals surface area contributed by atoms with Crippen molar-refractivity contribution in [2.45, 2.75) is 13.3 Å². The van der Waals surface area contributed by atoms with Gasteiger partial charge in [0.05, 0.1) is 0 Å². The molecule has 1 rings (SSSR count). The zero-order valence-corrected chi connectivity index (χ0v) is 9.82. The molecule has 82 valence electrons. The first kappa shape index (κ1) is 12.3. The van der Waals surface area contributed by atoms with E-state index in [0.29, 0.717) is 0 Å². The van der Waals surface area contributed by atoms with Gasteiger partial charge in [-0.2, -0.15) is 0 Å². The standard InChI is InChI=1S/C16H18/c1-4-6-7-9-14(3)16-12-10-15(8-5-2)11-13-16/h4-7,9-13H,2-3,8H2,1H3. The van der Waals surface area contributed by atoms with Crippen LogP contribution in [-0.2, 0) is 6.42 Å². The zero-order valence-electron chi connectivity index (χ0n) is 9.82. The summed E-state index contributed by atoms with van der Waals surface area (Å²) in [5, 5.41) is 0. The molecule has 16 heavy (non-hydrogen) atoms. The fourth-order valence-corrected chi connectivity index (χ4v) is 1.40. The summed E-state index contributed by atoms with van der Waals surface area (Å²) in [6.07, 6.45) is 10.8. The van der Waals surface area contributed by atoms with E-state index in [4.69, 9.17) is 0 Å². The highest BCUT2D eigenvalue weighted by Crippen LogP contribution is 2.15. The van der Waals surface area contributed by atoms with Crippen molar-refractivity contribution in [2.75, 3.05) is 0 Å². The third-order valence-electron chi connectivity index (χ3n) is 2.31. The summed E-state index contributed by atoms with van der Waals surface area (Å²) in [6, 6.07) is 8.43. The molecule has 0 nitrogen and oxygen atoms in total. The van der Waals surface area contributed by atoms with Crippen molar-refractivity contribution in [3.05, 3.63) is 78.9 Å². The van der Waals surface area contributed by atoms with Gasteiger partial charge in [-0.25, -0.2) is 0 Å². The molecule has 0 heteroatoms. The monoisotopic (exact) mass is 210 g/mol. The van der Waals surface area contributed by atoms with Gasteiger partial charge in [0, 0.05) is 0 Å². The maximum Gasteiger partial charge on any atom is -0.0100 e. The first-order valence-electron chi connectivity index (χ1n) is 5.46. The minimum atomic E-state index is 0.918. The van der Waals surface area contributed by atoms with Crippen molar-refractivity contribution in [3.63, 3.8) is 0 Å². The smallest absolute Gasteiger partial charge is 0.0100 e. The molecule has 0 amide bonds. The quantitative estimate of drug-likeness (QED) is 0.493. The highest BCUT2D eigenvalue weighted by atomic mass is 14.0. The molecule has 0 atom stereocenters. The number of benzene rings is 1. The Balaban J connectivity index is 2.73. The fourth-order valence-electron chi connectivity index (χ4n) is 1.40. The normalized spacial score (nSPS) is 11.1. The maximum absolute atomic E-state index is 4.03. The summed E-state index contributed by atoms with van der Waals surface area (Å²) in [5.74, 6) is 0. The van der Waals surface area contributed by atoms with Crippen LogP contribution in [0.5, 0.6) is 0 Å². The van der Waals surface area contributed by atoms with Crippen molar-refractivity contribution < 1.29 is 0 Å². The largest absolute Gasteiger partial charge is 0.103 e. The predicted octanol–water partition coefficient (Wildman–Crippen LogP) is 4.56. The second-order valence-electron chi connectivity index (χ2n) is 3.60. The first-order valence-corrected chi connectivity index (χ1v) is 5.46. The second-order valence-corrected chi connectivity index (χ2v) is 3.60.